The lowest BCUT2D eigenvalue weighted by molar-refractivity contribution is 0.132. The number of nitrogens with one attached hydrogen (secondary N) is 2. The number of aliphatic imine (C=N–C) groups is 1. The van der Waals surface area contributed by atoms with E-state index in [1.54, 1.807) is 0 Å². The summed E-state index contributed by atoms with van der Waals surface area (Å²) in [5.74, 6) is 0.826. The summed E-state index contributed by atoms with van der Waals surface area (Å²) in [6.07, 6.45) is 1.81. The Bertz CT molecular complexity index is 758. The van der Waals surface area contributed by atoms with Crippen LogP contribution < -0.4 is 10.6 Å². The Labute approximate surface area is 174 Å². The molecule has 0 saturated carbocycles. The van der Waals surface area contributed by atoms with Gasteiger partial charge in [-0.25, -0.2) is 4.99 Å². The Morgan fingerprint density at radius 3 is 2.28 bits per heavy atom. The number of hydrogen-bond donors (Lipinski definition) is 2. The predicted molar refractivity (Wildman–Crippen MR) is 119 cm³/mol. The van der Waals surface area contributed by atoms with E-state index in [1.807, 2.05) is 24.0 Å². The number of hydrogen-bond acceptors (Lipinski definition) is 4. The van der Waals surface area contributed by atoms with Crippen molar-refractivity contribution < 1.29 is 0 Å². The van der Waals surface area contributed by atoms with Crippen LogP contribution in [-0.4, -0.2) is 64.8 Å². The molecule has 158 valence electrons. The third-order valence-electron chi connectivity index (χ3n) is 5.46. The predicted octanol–water partition coefficient (Wildman–Crippen LogP) is 1.81. The molecular weight excluding hydrogens is 362 g/mol. The van der Waals surface area contributed by atoms with Crippen molar-refractivity contribution in [1.82, 2.24) is 30.2 Å². The van der Waals surface area contributed by atoms with Crippen molar-refractivity contribution in [3.8, 4) is 0 Å². The Morgan fingerprint density at radius 1 is 0.966 bits per heavy atom. The van der Waals surface area contributed by atoms with Crippen LogP contribution >= 0.6 is 0 Å². The molecule has 1 aromatic carbocycles. The summed E-state index contributed by atoms with van der Waals surface area (Å²) in [5.41, 5.74) is 3.73. The molecule has 2 aromatic rings. The van der Waals surface area contributed by atoms with E-state index >= 15 is 0 Å². The Balaban J connectivity index is 1.50. The fourth-order valence-electron chi connectivity index (χ4n) is 3.53. The van der Waals surface area contributed by atoms with Crippen molar-refractivity contribution in [3.05, 3.63) is 53.3 Å². The average Bonchev–Trinajstić information content (AvgIpc) is 3.16. The van der Waals surface area contributed by atoms with Crippen molar-refractivity contribution in [1.29, 1.82) is 0 Å². The van der Waals surface area contributed by atoms with Crippen LogP contribution in [0.3, 0.4) is 0 Å². The van der Waals surface area contributed by atoms with Crippen LogP contribution in [0.2, 0.25) is 0 Å². The van der Waals surface area contributed by atoms with Gasteiger partial charge in [-0.05, 0) is 30.7 Å². The molecule has 1 aromatic heterocycles. The molecule has 0 unspecified atom stereocenters. The first-order chi connectivity index (χ1) is 14.2. The second-order valence-electron chi connectivity index (χ2n) is 7.52. The highest BCUT2D eigenvalue weighted by Gasteiger charge is 2.15. The standard InChI is InChI=1S/C22H35N7/c1-4-23-22(25-17-21-10-11-26-27(21)3)24-16-19-6-8-20(9-7-19)18-29-14-12-28(5-2)13-15-29/h6-11H,4-5,12-18H2,1-3H3,(H2,23,24,25). The molecule has 1 aliphatic rings. The molecule has 1 saturated heterocycles. The number of benzene rings is 1. The van der Waals surface area contributed by atoms with Gasteiger partial charge in [-0.2, -0.15) is 5.10 Å². The highest BCUT2D eigenvalue weighted by Crippen LogP contribution is 2.11. The monoisotopic (exact) mass is 397 g/mol. The normalized spacial score (nSPS) is 16.2. The molecular formula is C22H35N7. The minimum atomic E-state index is 0.663. The molecule has 2 N–H and O–H groups in total. The van der Waals surface area contributed by atoms with E-state index in [2.05, 4.69) is 63.6 Å². The average molecular weight is 398 g/mol. The van der Waals surface area contributed by atoms with E-state index < -0.39 is 0 Å². The van der Waals surface area contributed by atoms with Gasteiger partial charge in [0.15, 0.2) is 5.96 Å². The molecule has 3 rings (SSSR count). The van der Waals surface area contributed by atoms with E-state index in [4.69, 9.17) is 4.99 Å². The zero-order valence-corrected chi connectivity index (χ0v) is 18.1. The molecule has 0 aliphatic carbocycles. The maximum absolute atomic E-state index is 4.72. The van der Waals surface area contributed by atoms with Gasteiger partial charge in [-0.15, -0.1) is 0 Å². The van der Waals surface area contributed by atoms with Gasteiger partial charge in [0.05, 0.1) is 18.8 Å². The van der Waals surface area contributed by atoms with E-state index in [0.717, 1.165) is 44.4 Å². The van der Waals surface area contributed by atoms with Crippen LogP contribution in [0.4, 0.5) is 0 Å². The highest BCUT2D eigenvalue weighted by atomic mass is 15.3. The SMILES string of the molecule is CCNC(=NCc1ccc(CN2CCN(CC)CC2)cc1)NCc1ccnn1C. The first kappa shape index (κ1) is 21.3. The first-order valence-corrected chi connectivity index (χ1v) is 10.7. The van der Waals surface area contributed by atoms with Crippen LogP contribution in [-0.2, 0) is 26.7 Å². The number of nitrogens with zero attached hydrogens (tertiary/aromatic N) is 5. The Hall–Kier alpha value is -2.38. The Morgan fingerprint density at radius 2 is 1.66 bits per heavy atom. The first-order valence-electron chi connectivity index (χ1n) is 10.7. The molecule has 0 bridgehead atoms. The summed E-state index contributed by atoms with van der Waals surface area (Å²) in [5, 5.41) is 10.9. The summed E-state index contributed by atoms with van der Waals surface area (Å²) in [4.78, 5) is 9.79. The van der Waals surface area contributed by atoms with Gasteiger partial charge in [0.1, 0.15) is 0 Å². The number of rotatable bonds is 8. The maximum atomic E-state index is 4.72. The molecule has 1 fully saturated rings. The zero-order valence-electron chi connectivity index (χ0n) is 18.1. The highest BCUT2D eigenvalue weighted by molar-refractivity contribution is 5.79. The Kier molecular flexibility index (Phi) is 8.07. The molecule has 0 atom stereocenters. The number of likely N-dealkylation sites (N-methyl/N-ethyl adjacent to an activating group) is 1. The number of piperazine rings is 1. The second-order valence-corrected chi connectivity index (χ2v) is 7.52. The molecule has 1 aliphatic heterocycles. The minimum absolute atomic E-state index is 0.663. The topological polar surface area (TPSA) is 60.7 Å². The molecule has 0 radical (unpaired) electrons. The lowest BCUT2D eigenvalue weighted by Gasteiger charge is -2.34. The fourth-order valence-corrected chi connectivity index (χ4v) is 3.53. The van der Waals surface area contributed by atoms with E-state index in [1.165, 1.54) is 24.2 Å². The van der Waals surface area contributed by atoms with E-state index in [9.17, 15) is 0 Å². The molecule has 29 heavy (non-hydrogen) atoms. The smallest absolute Gasteiger partial charge is 0.191 e. The zero-order chi connectivity index (χ0) is 20.5. The van der Waals surface area contributed by atoms with Crippen LogP contribution in [0, 0.1) is 0 Å². The van der Waals surface area contributed by atoms with Gasteiger partial charge < -0.3 is 15.5 Å². The lowest BCUT2D eigenvalue weighted by atomic mass is 10.1. The van der Waals surface area contributed by atoms with Gasteiger partial charge in [0.25, 0.3) is 0 Å². The fraction of sp³-hybridized carbons (Fsp3) is 0.545. The van der Waals surface area contributed by atoms with Gasteiger partial charge in [-0.1, -0.05) is 31.2 Å². The van der Waals surface area contributed by atoms with Crippen molar-refractivity contribution in [2.75, 3.05) is 39.3 Å². The minimum Gasteiger partial charge on any atom is -0.357 e. The summed E-state index contributed by atoms with van der Waals surface area (Å²) < 4.78 is 1.87. The van der Waals surface area contributed by atoms with Gasteiger partial charge in [-0.3, -0.25) is 9.58 Å². The van der Waals surface area contributed by atoms with Crippen molar-refractivity contribution in [2.45, 2.75) is 33.5 Å². The van der Waals surface area contributed by atoms with Crippen LogP contribution in [0.25, 0.3) is 0 Å². The second kappa shape index (κ2) is 11.0. The molecule has 2 heterocycles. The van der Waals surface area contributed by atoms with Crippen LogP contribution in [0.15, 0.2) is 41.5 Å². The lowest BCUT2D eigenvalue weighted by Crippen LogP contribution is -2.45. The van der Waals surface area contributed by atoms with Gasteiger partial charge in [0, 0.05) is 52.5 Å². The third-order valence-corrected chi connectivity index (χ3v) is 5.46. The quantitative estimate of drug-likeness (QED) is 0.526. The number of aromatic nitrogens is 2. The summed E-state index contributed by atoms with van der Waals surface area (Å²) in [6.45, 7) is 13.4. The van der Waals surface area contributed by atoms with Gasteiger partial charge >= 0.3 is 0 Å². The molecule has 0 amide bonds. The van der Waals surface area contributed by atoms with E-state index in [-0.39, 0.29) is 0 Å². The maximum Gasteiger partial charge on any atom is 0.191 e. The largest absolute Gasteiger partial charge is 0.357 e. The van der Waals surface area contributed by atoms with Crippen molar-refractivity contribution >= 4 is 5.96 Å². The summed E-state index contributed by atoms with van der Waals surface area (Å²) in [6, 6.07) is 10.9. The van der Waals surface area contributed by atoms with Crippen LogP contribution in [0.1, 0.15) is 30.7 Å². The molecule has 0 spiro atoms. The summed E-state index contributed by atoms with van der Waals surface area (Å²) in [7, 11) is 1.95. The number of aryl methyl sites for hydroxylation is 1. The molecule has 7 heteroatoms. The van der Waals surface area contributed by atoms with E-state index in [0.29, 0.717) is 13.1 Å². The van der Waals surface area contributed by atoms with Crippen molar-refractivity contribution in [2.24, 2.45) is 12.0 Å². The van der Waals surface area contributed by atoms with Crippen molar-refractivity contribution in [3.63, 3.8) is 0 Å². The number of guanidine groups is 1. The third kappa shape index (κ3) is 6.58. The van der Waals surface area contributed by atoms with Gasteiger partial charge in [0.2, 0.25) is 0 Å². The summed E-state index contributed by atoms with van der Waals surface area (Å²) >= 11 is 0. The molecule has 7 nitrogen and oxygen atoms in total. The van der Waals surface area contributed by atoms with Crippen LogP contribution in [0.5, 0.6) is 0 Å².